The van der Waals surface area contributed by atoms with Gasteiger partial charge in [0.25, 0.3) is 5.19 Å². The van der Waals surface area contributed by atoms with Crippen LogP contribution in [0.4, 0.5) is 4.39 Å². The lowest BCUT2D eigenvalue weighted by molar-refractivity contribution is 0.317. The molecular weight excluding hydrogens is 227 g/mol. The maximum Gasteiger partial charge on any atom is 0.274 e. The third-order valence-electron chi connectivity index (χ3n) is 1.95. The third-order valence-corrected chi connectivity index (χ3v) is 2.90. The molecule has 0 aliphatic rings. The van der Waals surface area contributed by atoms with Crippen molar-refractivity contribution in [2.24, 2.45) is 5.73 Å². The first-order valence-corrected chi connectivity index (χ1v) is 5.64. The van der Waals surface area contributed by atoms with Gasteiger partial charge in [-0.15, -0.1) is 0 Å². The van der Waals surface area contributed by atoms with Crippen molar-refractivity contribution in [2.75, 3.05) is 13.2 Å². The minimum Gasteiger partial charge on any atom is -0.463 e. The monoisotopic (exact) mass is 238 g/mol. The van der Waals surface area contributed by atoms with Crippen LogP contribution in [0, 0.1) is 0 Å². The summed E-state index contributed by atoms with van der Waals surface area (Å²) in [6.45, 7) is 0.0616. The summed E-state index contributed by atoms with van der Waals surface area (Å²) in [6.07, 6.45) is 1.29. The second kappa shape index (κ2) is 5.05. The van der Waals surface area contributed by atoms with E-state index in [4.69, 9.17) is 10.5 Å². The number of nitrogens with zero attached hydrogens (tertiary/aromatic N) is 1. The van der Waals surface area contributed by atoms with Gasteiger partial charge in [-0.2, -0.15) is 0 Å². The Hall–Kier alpha value is -1.46. The van der Waals surface area contributed by atoms with Gasteiger partial charge in [-0.1, -0.05) is 23.5 Å². The number of benzene rings is 1. The average molecular weight is 238 g/mol. The van der Waals surface area contributed by atoms with Gasteiger partial charge in [0.2, 0.25) is 0 Å². The van der Waals surface area contributed by atoms with Gasteiger partial charge in [-0.3, -0.25) is 0 Å². The highest BCUT2D eigenvalue weighted by Crippen LogP contribution is 2.27. The summed E-state index contributed by atoms with van der Waals surface area (Å²) in [7, 11) is 0. The molecule has 0 radical (unpaired) electrons. The normalized spacial score (nSPS) is 12.0. The highest BCUT2D eigenvalue weighted by atomic mass is 32.1. The number of rotatable bonds is 4. The predicted molar refractivity (Wildman–Crippen MR) is 63.4 cm³/mol. The van der Waals surface area contributed by atoms with E-state index in [2.05, 4.69) is 4.98 Å². The van der Waals surface area contributed by atoms with E-state index in [-0.39, 0.29) is 19.0 Å². The molecule has 16 heavy (non-hydrogen) atoms. The first kappa shape index (κ1) is 11.0. The number of hydrogen-bond donors (Lipinski definition) is 1. The zero-order chi connectivity index (χ0) is 11.4. The van der Waals surface area contributed by atoms with Gasteiger partial charge in [0, 0.05) is 6.54 Å². The summed E-state index contributed by atoms with van der Waals surface area (Å²) in [4.78, 5) is 4.22. The summed E-state index contributed by atoms with van der Waals surface area (Å²) in [5, 5.41) is 0.474. The SMILES string of the molecule is NC/C=C(\F)COc1nc2ccccc2s1. The van der Waals surface area contributed by atoms with Gasteiger partial charge in [0.15, 0.2) is 0 Å². The van der Waals surface area contributed by atoms with Crippen molar-refractivity contribution in [3.05, 3.63) is 36.2 Å². The van der Waals surface area contributed by atoms with E-state index in [0.717, 1.165) is 10.2 Å². The maximum absolute atomic E-state index is 13.0. The van der Waals surface area contributed by atoms with Crippen LogP contribution in [0.25, 0.3) is 10.2 Å². The van der Waals surface area contributed by atoms with E-state index in [1.165, 1.54) is 17.4 Å². The minimum atomic E-state index is -0.373. The first-order chi connectivity index (χ1) is 7.79. The standard InChI is InChI=1S/C11H11FN2OS/c12-8(5-6-13)7-15-11-14-9-3-1-2-4-10(9)16-11/h1-5H,6-7,13H2/b8-5-. The Kier molecular flexibility index (Phi) is 3.48. The van der Waals surface area contributed by atoms with E-state index in [9.17, 15) is 4.39 Å². The Morgan fingerprint density at radius 1 is 1.50 bits per heavy atom. The molecule has 1 aromatic heterocycles. The Morgan fingerprint density at radius 2 is 2.31 bits per heavy atom. The van der Waals surface area contributed by atoms with Crippen molar-refractivity contribution in [3.8, 4) is 5.19 Å². The fourth-order valence-electron chi connectivity index (χ4n) is 1.23. The number of thiazole rings is 1. The number of nitrogens with two attached hydrogens (primary N) is 1. The molecule has 3 nitrogen and oxygen atoms in total. The highest BCUT2D eigenvalue weighted by molar-refractivity contribution is 7.20. The molecule has 0 unspecified atom stereocenters. The number of aromatic nitrogens is 1. The van der Waals surface area contributed by atoms with Gasteiger partial charge in [0.05, 0.1) is 10.2 Å². The number of ether oxygens (including phenoxy) is 1. The molecule has 2 rings (SSSR count). The fourth-order valence-corrected chi connectivity index (χ4v) is 2.05. The van der Waals surface area contributed by atoms with Gasteiger partial charge in [-0.05, 0) is 18.2 Å². The van der Waals surface area contributed by atoms with Crippen LogP contribution in [-0.2, 0) is 0 Å². The second-order valence-corrected chi connectivity index (χ2v) is 4.12. The van der Waals surface area contributed by atoms with E-state index in [1.54, 1.807) is 0 Å². The summed E-state index contributed by atoms with van der Waals surface area (Å²) < 4.78 is 19.2. The van der Waals surface area contributed by atoms with Gasteiger partial charge >= 0.3 is 0 Å². The molecule has 0 aliphatic carbocycles. The molecule has 2 aromatic rings. The van der Waals surface area contributed by atoms with Crippen LogP contribution in [0.1, 0.15) is 0 Å². The Bertz CT molecular complexity index is 476. The number of para-hydroxylation sites is 1. The second-order valence-electron chi connectivity index (χ2n) is 3.12. The van der Waals surface area contributed by atoms with E-state index >= 15 is 0 Å². The van der Waals surface area contributed by atoms with Crippen LogP contribution in [0.5, 0.6) is 5.19 Å². The molecule has 5 heteroatoms. The predicted octanol–water partition coefficient (Wildman–Crippen LogP) is 2.49. The van der Waals surface area contributed by atoms with Gasteiger partial charge in [0.1, 0.15) is 12.4 Å². The number of fused-ring (bicyclic) bond motifs is 1. The summed E-state index contributed by atoms with van der Waals surface area (Å²) in [6, 6.07) is 7.68. The average Bonchev–Trinajstić information content (AvgIpc) is 2.69. The number of hydrogen-bond acceptors (Lipinski definition) is 4. The first-order valence-electron chi connectivity index (χ1n) is 4.82. The smallest absolute Gasteiger partial charge is 0.274 e. The van der Waals surface area contributed by atoms with Crippen LogP contribution in [0.15, 0.2) is 36.2 Å². The zero-order valence-corrected chi connectivity index (χ0v) is 9.34. The maximum atomic E-state index is 13.0. The third kappa shape index (κ3) is 2.56. The van der Waals surface area contributed by atoms with Crippen LogP contribution in [0.2, 0.25) is 0 Å². The van der Waals surface area contributed by atoms with Crippen molar-refractivity contribution in [2.45, 2.75) is 0 Å². The fraction of sp³-hybridized carbons (Fsp3) is 0.182. The summed E-state index contributed by atoms with van der Waals surface area (Å²) >= 11 is 1.40. The summed E-state index contributed by atoms with van der Waals surface area (Å²) in [5.41, 5.74) is 6.04. The molecule has 0 saturated carbocycles. The lowest BCUT2D eigenvalue weighted by Crippen LogP contribution is -2.01. The van der Waals surface area contributed by atoms with Gasteiger partial charge < -0.3 is 10.5 Å². The zero-order valence-electron chi connectivity index (χ0n) is 8.52. The van der Waals surface area contributed by atoms with Crippen LogP contribution >= 0.6 is 11.3 Å². The van der Waals surface area contributed by atoms with Crippen LogP contribution in [-0.4, -0.2) is 18.1 Å². The van der Waals surface area contributed by atoms with Crippen molar-refractivity contribution in [1.29, 1.82) is 0 Å². The number of halogens is 1. The molecule has 1 heterocycles. The van der Waals surface area contributed by atoms with Crippen molar-refractivity contribution < 1.29 is 9.13 Å². The quantitative estimate of drug-likeness (QED) is 0.890. The molecule has 0 spiro atoms. The van der Waals surface area contributed by atoms with Crippen LogP contribution < -0.4 is 10.5 Å². The Morgan fingerprint density at radius 3 is 3.06 bits per heavy atom. The molecule has 0 saturated heterocycles. The van der Waals surface area contributed by atoms with Crippen molar-refractivity contribution in [1.82, 2.24) is 4.98 Å². The molecule has 0 bridgehead atoms. The Balaban J connectivity index is 2.07. The van der Waals surface area contributed by atoms with E-state index < -0.39 is 0 Å². The molecule has 2 N–H and O–H groups in total. The Labute approximate surface area is 96.4 Å². The molecule has 84 valence electrons. The largest absolute Gasteiger partial charge is 0.463 e. The minimum absolute atomic E-state index is 0.114. The summed E-state index contributed by atoms with van der Waals surface area (Å²) in [5.74, 6) is -0.373. The highest BCUT2D eigenvalue weighted by Gasteiger charge is 2.04. The lowest BCUT2D eigenvalue weighted by Gasteiger charge is -1.98. The molecule has 0 fully saturated rings. The molecule has 0 amide bonds. The van der Waals surface area contributed by atoms with Crippen LogP contribution in [0.3, 0.4) is 0 Å². The van der Waals surface area contributed by atoms with E-state index in [0.29, 0.717) is 5.19 Å². The molecule has 0 atom stereocenters. The topological polar surface area (TPSA) is 48.1 Å². The van der Waals surface area contributed by atoms with E-state index in [1.807, 2.05) is 24.3 Å². The van der Waals surface area contributed by atoms with Gasteiger partial charge in [-0.25, -0.2) is 9.37 Å². The molecule has 1 aromatic carbocycles. The molecule has 0 aliphatic heterocycles. The van der Waals surface area contributed by atoms with Crippen molar-refractivity contribution >= 4 is 21.6 Å². The van der Waals surface area contributed by atoms with Crippen molar-refractivity contribution in [3.63, 3.8) is 0 Å². The lowest BCUT2D eigenvalue weighted by atomic mass is 10.3. The molecular formula is C11H11FN2OS.